The van der Waals surface area contributed by atoms with E-state index in [0.717, 1.165) is 22.9 Å². The van der Waals surface area contributed by atoms with Crippen LogP contribution in [0.5, 0.6) is 0 Å². The number of para-hydroxylation sites is 1. The van der Waals surface area contributed by atoms with Crippen molar-refractivity contribution >= 4 is 34.7 Å². The monoisotopic (exact) mass is 409 g/mol. The summed E-state index contributed by atoms with van der Waals surface area (Å²) in [5, 5.41) is 18.2. The molecule has 1 aromatic heterocycles. The van der Waals surface area contributed by atoms with Crippen molar-refractivity contribution in [1.29, 1.82) is 0 Å². The van der Waals surface area contributed by atoms with E-state index in [1.165, 1.54) is 17.8 Å². The normalized spacial score (nSPS) is 13.1. The standard InChI is InChI=1S/C20H19N5O3S/c1-24-11-10-21-20(24)29-18-5-3-2-4-16(18)23-19(26)13-6-9-15(22-14-7-8-14)17(12-13)25(27)28/h2-6,9-12,14,22H,7-8H2,1H3,(H,23,26). The van der Waals surface area contributed by atoms with E-state index < -0.39 is 10.8 Å². The summed E-state index contributed by atoms with van der Waals surface area (Å²) in [6.45, 7) is 0. The summed E-state index contributed by atoms with van der Waals surface area (Å²) in [6, 6.07) is 12.2. The van der Waals surface area contributed by atoms with Gasteiger partial charge in [-0.15, -0.1) is 0 Å². The van der Waals surface area contributed by atoms with Crippen LogP contribution >= 0.6 is 11.8 Å². The second-order valence-electron chi connectivity index (χ2n) is 6.78. The molecule has 2 N–H and O–H groups in total. The van der Waals surface area contributed by atoms with Gasteiger partial charge in [0.1, 0.15) is 5.69 Å². The van der Waals surface area contributed by atoms with Crippen LogP contribution in [-0.4, -0.2) is 26.4 Å². The fourth-order valence-electron chi connectivity index (χ4n) is 2.80. The average Bonchev–Trinajstić information content (AvgIpc) is 3.43. The molecule has 2 aromatic carbocycles. The predicted molar refractivity (Wildman–Crippen MR) is 111 cm³/mol. The number of amides is 1. The summed E-state index contributed by atoms with van der Waals surface area (Å²) >= 11 is 1.43. The smallest absolute Gasteiger partial charge is 0.293 e. The molecule has 0 saturated heterocycles. The SMILES string of the molecule is Cn1ccnc1Sc1ccccc1NC(=O)c1ccc(NC2CC2)c([N+](=O)[O-])c1. The van der Waals surface area contributed by atoms with Gasteiger partial charge >= 0.3 is 0 Å². The van der Waals surface area contributed by atoms with Crippen LogP contribution in [0.25, 0.3) is 0 Å². The van der Waals surface area contributed by atoms with E-state index in [9.17, 15) is 14.9 Å². The zero-order valence-corrected chi connectivity index (χ0v) is 16.5. The highest BCUT2D eigenvalue weighted by molar-refractivity contribution is 7.99. The molecule has 1 heterocycles. The number of nitro groups is 1. The summed E-state index contributed by atoms with van der Waals surface area (Å²) in [7, 11) is 1.90. The Labute approximate surface area is 171 Å². The van der Waals surface area contributed by atoms with Gasteiger partial charge in [0.25, 0.3) is 11.6 Å². The van der Waals surface area contributed by atoms with Gasteiger partial charge in [-0.2, -0.15) is 0 Å². The lowest BCUT2D eigenvalue weighted by molar-refractivity contribution is -0.384. The molecule has 0 unspecified atom stereocenters. The third-order valence-corrected chi connectivity index (χ3v) is 5.66. The van der Waals surface area contributed by atoms with Crippen molar-refractivity contribution in [3.8, 4) is 0 Å². The van der Waals surface area contributed by atoms with E-state index in [4.69, 9.17) is 0 Å². The Morgan fingerprint density at radius 2 is 2.03 bits per heavy atom. The molecule has 8 nitrogen and oxygen atoms in total. The van der Waals surface area contributed by atoms with Gasteiger partial charge in [-0.25, -0.2) is 4.98 Å². The van der Waals surface area contributed by atoms with Crippen LogP contribution in [-0.2, 0) is 7.05 Å². The van der Waals surface area contributed by atoms with Gasteiger partial charge in [0.15, 0.2) is 5.16 Å². The molecule has 0 spiro atoms. The molecule has 148 valence electrons. The van der Waals surface area contributed by atoms with Crippen molar-refractivity contribution < 1.29 is 9.72 Å². The minimum Gasteiger partial charge on any atom is -0.377 e. The van der Waals surface area contributed by atoms with Crippen LogP contribution in [0.2, 0.25) is 0 Å². The first kappa shape index (κ1) is 19.0. The maximum Gasteiger partial charge on any atom is 0.293 e. The van der Waals surface area contributed by atoms with Gasteiger partial charge < -0.3 is 15.2 Å². The molecule has 1 amide bonds. The van der Waals surface area contributed by atoms with Gasteiger partial charge in [0.2, 0.25) is 0 Å². The molecular formula is C20H19N5O3S. The Morgan fingerprint density at radius 3 is 2.72 bits per heavy atom. The highest BCUT2D eigenvalue weighted by atomic mass is 32.2. The van der Waals surface area contributed by atoms with Gasteiger partial charge in [-0.1, -0.05) is 12.1 Å². The average molecular weight is 409 g/mol. The molecule has 1 fully saturated rings. The van der Waals surface area contributed by atoms with E-state index in [1.807, 2.05) is 36.0 Å². The molecule has 9 heteroatoms. The van der Waals surface area contributed by atoms with Crippen LogP contribution in [0.4, 0.5) is 17.1 Å². The second-order valence-corrected chi connectivity index (χ2v) is 7.79. The lowest BCUT2D eigenvalue weighted by Crippen LogP contribution is -2.13. The van der Waals surface area contributed by atoms with Gasteiger partial charge in [0, 0.05) is 42.0 Å². The molecule has 4 rings (SSSR count). The van der Waals surface area contributed by atoms with Crippen LogP contribution in [0.3, 0.4) is 0 Å². The zero-order valence-electron chi connectivity index (χ0n) is 15.7. The molecule has 0 aliphatic heterocycles. The van der Waals surface area contributed by atoms with E-state index in [0.29, 0.717) is 11.4 Å². The van der Waals surface area contributed by atoms with E-state index >= 15 is 0 Å². The highest BCUT2D eigenvalue weighted by Crippen LogP contribution is 2.34. The quantitative estimate of drug-likeness (QED) is 0.445. The van der Waals surface area contributed by atoms with Crippen molar-refractivity contribution in [1.82, 2.24) is 9.55 Å². The summed E-state index contributed by atoms with van der Waals surface area (Å²) < 4.78 is 1.89. The summed E-state index contributed by atoms with van der Waals surface area (Å²) in [4.78, 5) is 28.9. The van der Waals surface area contributed by atoms with E-state index in [-0.39, 0.29) is 17.3 Å². The van der Waals surface area contributed by atoms with Crippen molar-refractivity contribution in [3.63, 3.8) is 0 Å². The number of imidazole rings is 1. The number of hydrogen-bond acceptors (Lipinski definition) is 6. The van der Waals surface area contributed by atoms with E-state index in [1.54, 1.807) is 24.4 Å². The van der Waals surface area contributed by atoms with E-state index in [2.05, 4.69) is 15.6 Å². The molecule has 3 aromatic rings. The molecule has 1 aliphatic rings. The second kappa shape index (κ2) is 7.96. The van der Waals surface area contributed by atoms with Gasteiger partial charge in [-0.05, 0) is 48.9 Å². The highest BCUT2D eigenvalue weighted by Gasteiger charge is 2.25. The van der Waals surface area contributed by atoms with Crippen LogP contribution < -0.4 is 10.6 Å². The predicted octanol–water partition coefficient (Wildman–Crippen LogP) is 4.31. The molecule has 29 heavy (non-hydrogen) atoms. The fourth-order valence-corrected chi connectivity index (χ4v) is 3.69. The number of aryl methyl sites for hydroxylation is 1. The lowest BCUT2D eigenvalue weighted by Gasteiger charge is -2.11. The Morgan fingerprint density at radius 1 is 1.24 bits per heavy atom. The Kier molecular flexibility index (Phi) is 5.22. The van der Waals surface area contributed by atoms with Crippen molar-refractivity contribution in [3.05, 3.63) is 70.5 Å². The third-order valence-electron chi connectivity index (χ3n) is 4.51. The number of aromatic nitrogens is 2. The summed E-state index contributed by atoms with van der Waals surface area (Å²) in [5.74, 6) is -0.404. The minimum absolute atomic E-state index is 0.0970. The van der Waals surface area contributed by atoms with Crippen molar-refractivity contribution in [2.24, 2.45) is 7.05 Å². The fraction of sp³-hybridized carbons (Fsp3) is 0.200. The summed E-state index contributed by atoms with van der Waals surface area (Å²) in [6.07, 6.45) is 5.56. The Balaban J connectivity index is 1.56. The molecule has 0 radical (unpaired) electrons. The number of carbonyl (C=O) groups excluding carboxylic acids is 1. The first-order valence-electron chi connectivity index (χ1n) is 9.12. The first-order valence-corrected chi connectivity index (χ1v) is 9.93. The number of nitro benzene ring substituents is 1. The van der Waals surface area contributed by atoms with Crippen molar-refractivity contribution in [2.45, 2.75) is 28.9 Å². The largest absolute Gasteiger partial charge is 0.377 e. The third kappa shape index (κ3) is 4.40. The van der Waals surface area contributed by atoms with Gasteiger partial charge in [0.05, 0.1) is 10.6 Å². The van der Waals surface area contributed by atoms with Crippen LogP contribution in [0.1, 0.15) is 23.2 Å². The first-order chi connectivity index (χ1) is 14.0. The van der Waals surface area contributed by atoms with Gasteiger partial charge in [-0.3, -0.25) is 14.9 Å². The molecular weight excluding hydrogens is 390 g/mol. The van der Waals surface area contributed by atoms with Crippen LogP contribution in [0, 0.1) is 10.1 Å². The number of anilines is 2. The number of carbonyl (C=O) groups is 1. The number of hydrogen-bond donors (Lipinski definition) is 2. The molecule has 0 bridgehead atoms. The number of benzene rings is 2. The number of rotatable bonds is 7. The summed E-state index contributed by atoms with van der Waals surface area (Å²) in [5.41, 5.74) is 1.20. The number of nitrogens with one attached hydrogen (secondary N) is 2. The zero-order chi connectivity index (χ0) is 20.4. The maximum absolute atomic E-state index is 12.8. The maximum atomic E-state index is 12.8. The lowest BCUT2D eigenvalue weighted by atomic mass is 10.1. The topological polar surface area (TPSA) is 102 Å². The Bertz CT molecular complexity index is 1080. The molecule has 1 saturated carbocycles. The van der Waals surface area contributed by atoms with Crippen LogP contribution in [0.15, 0.2) is 64.9 Å². The Hall–Kier alpha value is -3.33. The molecule has 0 atom stereocenters. The number of nitrogens with zero attached hydrogens (tertiary/aromatic N) is 3. The molecule has 1 aliphatic carbocycles. The van der Waals surface area contributed by atoms with Crippen molar-refractivity contribution in [2.75, 3.05) is 10.6 Å². The minimum atomic E-state index is -0.466.